The van der Waals surface area contributed by atoms with Crippen molar-refractivity contribution in [1.29, 1.82) is 0 Å². The van der Waals surface area contributed by atoms with Crippen LogP contribution in [0.1, 0.15) is 118 Å². The Morgan fingerprint density at radius 1 is 0.356 bits per heavy atom. The van der Waals surface area contributed by atoms with Gasteiger partial charge in [0.1, 0.15) is 34.9 Å². The first-order valence-electron chi connectivity index (χ1n) is 48.9. The predicted molar refractivity (Wildman–Crippen MR) is 571 cm³/mol. The van der Waals surface area contributed by atoms with Crippen LogP contribution in [-0.4, -0.2) is 166 Å². The maximum absolute atomic E-state index is 12.9. The third-order valence-corrected chi connectivity index (χ3v) is 26.0. The van der Waals surface area contributed by atoms with E-state index in [1.54, 1.807) is 101 Å². The monoisotopic (exact) mass is 2030 g/mol. The van der Waals surface area contributed by atoms with Crippen LogP contribution in [0.2, 0.25) is 0 Å². The van der Waals surface area contributed by atoms with Crippen LogP contribution in [-0.2, 0) is 142 Å². The summed E-state index contributed by atoms with van der Waals surface area (Å²) in [4.78, 5) is 109. The summed E-state index contributed by atoms with van der Waals surface area (Å²) >= 11 is 0. The van der Waals surface area contributed by atoms with E-state index in [4.69, 9.17) is 41.0 Å². The van der Waals surface area contributed by atoms with E-state index >= 15 is 0 Å². The Bertz CT molecular complexity index is 7480. The minimum atomic E-state index is -3.56. The van der Waals surface area contributed by atoms with Crippen molar-refractivity contribution in [1.82, 2.24) is 100 Å². The molecule has 0 aliphatic carbocycles. The summed E-state index contributed by atoms with van der Waals surface area (Å²) in [6, 6.07) is 84.0. The lowest BCUT2D eigenvalue weighted by molar-refractivity contribution is -0.124. The molecular formula is C113H121FN20O14S. The number of sulfonamides is 1. The third kappa shape index (κ3) is 32.4. The molecule has 0 unspecified atom stereocenters. The fourth-order valence-corrected chi connectivity index (χ4v) is 18.2. The fourth-order valence-electron chi connectivity index (χ4n) is 17.1. The molecule has 0 radical (unpaired) electrons. The average molecular weight is 2030 g/mol. The zero-order chi connectivity index (χ0) is 105. The van der Waals surface area contributed by atoms with Gasteiger partial charge in [0.05, 0.1) is 86.0 Å². The number of benzene rings is 11. The van der Waals surface area contributed by atoms with Crippen LogP contribution in [0.25, 0.3) is 85.5 Å². The number of imidazole rings is 5. The first kappa shape index (κ1) is 110. The lowest BCUT2D eigenvalue weighted by Crippen LogP contribution is -2.27. The van der Waals surface area contributed by atoms with Gasteiger partial charge in [0.25, 0.3) is 29.5 Å². The number of aromatic nitrogens is 10. The normalized spacial score (nSPS) is 12.1. The fraction of sp³-hybridized carbons (Fsp3) is 0.221. The van der Waals surface area contributed by atoms with Crippen molar-refractivity contribution in [3.63, 3.8) is 0 Å². The molecule has 0 atom stereocenters. The molecule has 149 heavy (non-hydrogen) atoms. The Morgan fingerprint density at radius 3 is 1.10 bits per heavy atom. The lowest BCUT2D eigenvalue weighted by Gasteiger charge is -2.23. The molecule has 17 rings (SSSR count). The Kier molecular flexibility index (Phi) is 40.9. The molecule has 770 valence electrons. The summed E-state index contributed by atoms with van der Waals surface area (Å²) in [5.74, 6) is 0.994. The smallest absolute Gasteiger partial charge is 0.267 e. The van der Waals surface area contributed by atoms with Crippen LogP contribution < -0.4 is 42.8 Å². The zero-order valence-corrected chi connectivity index (χ0v) is 83.9. The van der Waals surface area contributed by atoms with Gasteiger partial charge in [0.15, 0.2) is 0 Å². The SMILES string of the molecule is CCn1c(CCNC(=O)Cc2ccccc2)nc2cc(/C=C/C(=O)NO)ccc21.CCn1c(CCNS(=O)(=O)c2ccccc2)nc2cc(/C=C/C(=O)NO)ccc21.CCn1c(CN(Cc2ccccc2)Cc2ccccc2)nc2cc(/C=C/C(=O)NO)ccc21.Cn1c(CNC(=O)Cc2ccc(F)cc2)nc2cc(/C=C/C(=O)NO)ccc21.O=C(/C=C/c1ccc2c(c1)nc(CCc1ccccc1)n2CCN1CCCC1)NO. The Labute approximate surface area is 861 Å². The van der Waals surface area contributed by atoms with Crippen molar-refractivity contribution in [2.24, 2.45) is 7.05 Å². The summed E-state index contributed by atoms with van der Waals surface area (Å²) in [6.45, 7) is 16.2. The quantitative estimate of drug-likeness (QED) is 0.00966. The second-order valence-electron chi connectivity index (χ2n) is 34.8. The second kappa shape index (κ2) is 55.6. The average Bonchev–Trinajstić information content (AvgIpc) is 1.61. The number of likely N-dealkylation sites (tertiary alicyclic amines) is 1. The molecule has 0 bridgehead atoms. The van der Waals surface area contributed by atoms with Gasteiger partial charge in [-0.3, -0.25) is 64.5 Å². The van der Waals surface area contributed by atoms with Gasteiger partial charge in [-0.2, -0.15) is 0 Å². The summed E-state index contributed by atoms with van der Waals surface area (Å²) < 4.78 is 50.9. The first-order chi connectivity index (χ1) is 72.4. The first-order valence-corrected chi connectivity index (χ1v) is 50.3. The maximum atomic E-state index is 12.9. The van der Waals surface area contributed by atoms with Crippen molar-refractivity contribution >= 4 is 137 Å². The van der Waals surface area contributed by atoms with E-state index in [0.717, 1.165) is 170 Å². The van der Waals surface area contributed by atoms with Gasteiger partial charge in [0.2, 0.25) is 21.8 Å². The molecule has 1 aliphatic rings. The number of hydroxylamine groups is 5. The molecule has 11 aromatic carbocycles. The van der Waals surface area contributed by atoms with Crippen molar-refractivity contribution < 1.29 is 72.4 Å². The van der Waals surface area contributed by atoms with Crippen LogP contribution in [0.4, 0.5) is 4.39 Å². The largest absolute Gasteiger partial charge is 0.355 e. The number of amides is 7. The van der Waals surface area contributed by atoms with Gasteiger partial charge in [-0.05, 0) is 224 Å². The van der Waals surface area contributed by atoms with Gasteiger partial charge >= 0.3 is 0 Å². The van der Waals surface area contributed by atoms with Gasteiger partial charge in [-0.25, -0.2) is 69.9 Å². The van der Waals surface area contributed by atoms with E-state index < -0.39 is 39.6 Å². The van der Waals surface area contributed by atoms with E-state index in [2.05, 4.69) is 142 Å². The molecule has 0 saturated carbocycles. The van der Waals surface area contributed by atoms with Crippen molar-refractivity contribution in [2.45, 2.75) is 129 Å². The van der Waals surface area contributed by atoms with Crippen LogP contribution >= 0.6 is 0 Å². The molecule has 36 heteroatoms. The number of carbonyl (C=O) groups is 7. The van der Waals surface area contributed by atoms with Crippen LogP contribution in [0.5, 0.6) is 0 Å². The van der Waals surface area contributed by atoms with Crippen LogP contribution in [0.15, 0.2) is 302 Å². The summed E-state index contributed by atoms with van der Waals surface area (Å²) in [5, 5.41) is 48.7. The number of nitrogens with zero attached hydrogens (tertiary/aromatic N) is 12. The number of halogens is 1. The highest BCUT2D eigenvalue weighted by atomic mass is 32.2. The Morgan fingerprint density at radius 2 is 0.691 bits per heavy atom. The summed E-state index contributed by atoms with van der Waals surface area (Å²) in [6.07, 6.45) is 20.4. The van der Waals surface area contributed by atoms with Crippen molar-refractivity contribution in [3.05, 3.63) is 388 Å². The van der Waals surface area contributed by atoms with Gasteiger partial charge in [-0.15, -0.1) is 0 Å². The van der Waals surface area contributed by atoms with E-state index in [-0.39, 0.29) is 42.0 Å². The van der Waals surface area contributed by atoms with Crippen LogP contribution in [0.3, 0.4) is 0 Å². The number of hydrogen-bond acceptors (Lipinski definition) is 21. The molecule has 16 aromatic rings. The van der Waals surface area contributed by atoms with Crippen molar-refractivity contribution in [2.75, 3.05) is 32.7 Å². The molecule has 1 fully saturated rings. The van der Waals surface area contributed by atoms with Gasteiger partial charge in [-0.1, -0.05) is 182 Å². The second-order valence-corrected chi connectivity index (χ2v) is 36.6. The molecule has 1 saturated heterocycles. The highest BCUT2D eigenvalue weighted by molar-refractivity contribution is 7.89. The molecule has 0 spiro atoms. The summed E-state index contributed by atoms with van der Waals surface area (Å²) in [7, 11) is -1.71. The minimum absolute atomic E-state index is 0.00931. The van der Waals surface area contributed by atoms with E-state index in [1.165, 1.54) is 90.6 Å². The Hall–Kier alpha value is -16.7. The molecule has 13 N–H and O–H groups in total. The standard InChI is InChI=1S/C27H28N4O2.C24H28N4O2.C22H24N4O3.C20H19FN4O3.C20H22N4O4S/c1-2-31-25-15-13-21(14-16-27(32)29-33)17-24(25)28-26(31)20-30(18-22-9-5-3-6-10-22)19-23-11-7-4-8-12-23;29-24(26-30)13-10-20-8-11-22-21(18-20)25-23(12-9-19-6-2-1-3-7-19)28(22)17-16-27-14-4-5-15-27;1-2-26-19-10-8-17(9-11-21(27)25-29)14-18(19)24-20(26)12-13-23-22(28)15-16-6-4-3-5-7-16;1-25-17-8-4-13(5-9-19(26)24-28)10-16(17)23-18(25)12-22-20(27)11-14-2-6-15(21)7-3-14;1-2-24-18-10-8-15(9-11-20(25)23-26)14-17(18)22-19(24)12-13-21-29(27,28)16-6-4-3-5-7-16/h3-17,33H,2,18-20H2,1H3,(H,29,32);1-3,6-8,10-11,13,18,30H,4-5,9,12,14-17H2,(H,26,29);3-11,14,29H,2,12-13,15H2,1H3,(H,23,28)(H,25,27);2-10,28H,11-12H2,1H3,(H,22,27)(H,24,26);3-11,14,21,26H,2,12-13H2,1H3,(H,23,25)/b16-14+;13-10+;11-9+;9-5+;11-9+. The molecule has 1 aliphatic heterocycles. The van der Waals surface area contributed by atoms with Gasteiger partial charge < -0.3 is 38.4 Å². The van der Waals surface area contributed by atoms with Crippen LogP contribution in [0, 0.1) is 5.82 Å². The van der Waals surface area contributed by atoms with E-state index in [0.29, 0.717) is 44.7 Å². The highest BCUT2D eigenvalue weighted by Gasteiger charge is 2.22. The summed E-state index contributed by atoms with van der Waals surface area (Å²) in [5.41, 5.74) is 26.6. The highest BCUT2D eigenvalue weighted by Crippen LogP contribution is 2.28. The number of aryl methyl sites for hydroxylation is 6. The third-order valence-electron chi connectivity index (χ3n) is 24.5. The number of fused-ring (bicyclic) bond motifs is 5. The molecule has 7 amide bonds. The number of hydrogen-bond donors (Lipinski definition) is 13. The number of carbonyl (C=O) groups excluding carboxylic acids is 7. The number of nitrogens with one attached hydrogen (secondary N) is 8. The topological polar surface area (TPSA) is 447 Å². The maximum Gasteiger partial charge on any atom is 0.267 e. The lowest BCUT2D eigenvalue weighted by atomic mass is 10.1. The predicted octanol–water partition coefficient (Wildman–Crippen LogP) is 14.9. The van der Waals surface area contributed by atoms with Gasteiger partial charge in [0, 0.05) is 116 Å². The zero-order valence-electron chi connectivity index (χ0n) is 83.1. The molecule has 5 aromatic heterocycles. The molecular weight excluding hydrogens is 1910 g/mol. The number of rotatable bonds is 39. The Balaban J connectivity index is 0.000000156. The van der Waals surface area contributed by atoms with E-state index in [9.17, 15) is 46.4 Å². The molecule has 34 nitrogen and oxygen atoms in total. The van der Waals surface area contributed by atoms with Crippen molar-refractivity contribution in [3.8, 4) is 0 Å². The van der Waals surface area contributed by atoms with E-state index in [1.807, 2.05) is 150 Å². The molecule has 6 heterocycles. The minimum Gasteiger partial charge on any atom is -0.355 e.